The molecule has 1 heterocycles. The third kappa shape index (κ3) is 3.33. The van der Waals surface area contributed by atoms with Crippen LogP contribution < -0.4 is 5.32 Å². The second-order valence-electron chi connectivity index (χ2n) is 4.06. The van der Waals surface area contributed by atoms with Gasteiger partial charge in [-0.1, -0.05) is 65.1 Å². The molecule has 1 aliphatic rings. The minimum absolute atomic E-state index is 0.422. The number of benzene rings is 1. The molecule has 0 amide bonds. The van der Waals surface area contributed by atoms with Crippen LogP contribution in [0.25, 0.3) is 0 Å². The Hall–Kier alpha value is -0.520. The van der Waals surface area contributed by atoms with Gasteiger partial charge in [-0.25, -0.2) is 4.79 Å². The molecular weight excluding hydrogens is 312 g/mol. The van der Waals surface area contributed by atoms with Gasteiger partial charge < -0.3 is 9.47 Å². The van der Waals surface area contributed by atoms with E-state index >= 15 is 0 Å². The zero-order chi connectivity index (χ0) is 14.0. The molecule has 19 heavy (non-hydrogen) atoms. The van der Waals surface area contributed by atoms with Crippen LogP contribution in [0.1, 0.15) is 11.6 Å². The van der Waals surface area contributed by atoms with E-state index in [1.165, 1.54) is 7.11 Å². The Morgan fingerprint density at radius 2 is 1.95 bits per heavy atom. The fraction of sp³-hybridized carbons (Fsp3) is 0.417. The van der Waals surface area contributed by atoms with Gasteiger partial charge in [0.25, 0.3) is 0 Å². The van der Waals surface area contributed by atoms with Crippen LogP contribution in [0.15, 0.2) is 30.3 Å². The first-order chi connectivity index (χ1) is 8.93. The largest absolute Gasteiger partial charge is 0.467 e. The number of ether oxygens (including phenoxy) is 2. The SMILES string of the molecule is COC(=O)[C@@H]1OC(C(Cl)(Cl)Cl)N[C@H]1c1ccccc1. The number of hydrogen-bond acceptors (Lipinski definition) is 4. The first kappa shape index (κ1) is 14.9. The van der Waals surface area contributed by atoms with Gasteiger partial charge in [0.05, 0.1) is 13.2 Å². The van der Waals surface area contributed by atoms with Crippen LogP contribution in [0.3, 0.4) is 0 Å². The zero-order valence-electron chi connectivity index (χ0n) is 9.98. The van der Waals surface area contributed by atoms with E-state index in [-0.39, 0.29) is 0 Å². The second kappa shape index (κ2) is 5.85. The van der Waals surface area contributed by atoms with Crippen molar-refractivity contribution < 1.29 is 14.3 Å². The lowest BCUT2D eigenvalue weighted by Crippen LogP contribution is -2.36. The number of hydrogen-bond donors (Lipinski definition) is 1. The highest BCUT2D eigenvalue weighted by Crippen LogP contribution is 2.38. The van der Waals surface area contributed by atoms with Crippen molar-refractivity contribution in [2.45, 2.75) is 22.2 Å². The smallest absolute Gasteiger partial charge is 0.337 e. The monoisotopic (exact) mass is 323 g/mol. The number of carbonyl (C=O) groups excluding carboxylic acids is 1. The average Bonchev–Trinajstić information content (AvgIpc) is 2.83. The Balaban J connectivity index is 2.27. The summed E-state index contributed by atoms with van der Waals surface area (Å²) in [6.07, 6.45) is -1.74. The Labute approximate surface area is 125 Å². The van der Waals surface area contributed by atoms with E-state index in [9.17, 15) is 4.79 Å². The molecule has 7 heteroatoms. The van der Waals surface area contributed by atoms with Crippen LogP contribution in [0.4, 0.5) is 0 Å². The van der Waals surface area contributed by atoms with Crippen molar-refractivity contribution in [1.82, 2.24) is 5.32 Å². The Morgan fingerprint density at radius 1 is 1.32 bits per heavy atom. The van der Waals surface area contributed by atoms with Gasteiger partial charge in [0.2, 0.25) is 3.79 Å². The van der Waals surface area contributed by atoms with Crippen LogP contribution >= 0.6 is 34.8 Å². The minimum Gasteiger partial charge on any atom is -0.467 e. The maximum atomic E-state index is 11.8. The predicted octanol–water partition coefficient (Wildman–Crippen LogP) is 2.59. The van der Waals surface area contributed by atoms with Crippen molar-refractivity contribution in [1.29, 1.82) is 0 Å². The molecular formula is C12H12Cl3NO3. The molecule has 3 atom stereocenters. The molecule has 0 saturated carbocycles. The third-order valence-corrected chi connectivity index (χ3v) is 3.40. The van der Waals surface area contributed by atoms with Gasteiger partial charge >= 0.3 is 5.97 Å². The molecule has 1 unspecified atom stereocenters. The van der Waals surface area contributed by atoms with E-state index in [1.807, 2.05) is 30.3 Å². The van der Waals surface area contributed by atoms with Crippen LogP contribution in [-0.4, -0.2) is 29.2 Å². The molecule has 1 saturated heterocycles. The van der Waals surface area contributed by atoms with Crippen molar-refractivity contribution in [2.24, 2.45) is 0 Å². The summed E-state index contributed by atoms with van der Waals surface area (Å²) in [5.74, 6) is -0.516. The molecule has 1 aliphatic heterocycles. The van der Waals surface area contributed by atoms with E-state index < -0.39 is 28.1 Å². The fourth-order valence-corrected chi connectivity index (χ4v) is 2.27. The number of rotatable bonds is 2. The molecule has 104 valence electrons. The second-order valence-corrected chi connectivity index (χ2v) is 6.43. The van der Waals surface area contributed by atoms with Crippen molar-refractivity contribution in [2.75, 3.05) is 7.11 Å². The summed E-state index contributed by atoms with van der Waals surface area (Å²) < 4.78 is 8.51. The maximum Gasteiger partial charge on any atom is 0.337 e. The zero-order valence-corrected chi connectivity index (χ0v) is 12.2. The van der Waals surface area contributed by atoms with E-state index in [0.717, 1.165) is 5.56 Å². The summed E-state index contributed by atoms with van der Waals surface area (Å²) in [5.41, 5.74) is 0.856. The average molecular weight is 325 g/mol. The van der Waals surface area contributed by atoms with Gasteiger partial charge in [-0.15, -0.1) is 0 Å². The number of carbonyl (C=O) groups is 1. The highest BCUT2D eigenvalue weighted by molar-refractivity contribution is 6.68. The third-order valence-electron chi connectivity index (χ3n) is 2.81. The topological polar surface area (TPSA) is 47.6 Å². The lowest BCUT2D eigenvalue weighted by molar-refractivity contribution is -0.153. The van der Waals surface area contributed by atoms with Gasteiger partial charge in [0.1, 0.15) is 0 Å². The molecule has 1 N–H and O–H groups in total. The van der Waals surface area contributed by atoms with Crippen LogP contribution in [-0.2, 0) is 14.3 Å². The Morgan fingerprint density at radius 3 is 2.47 bits per heavy atom. The van der Waals surface area contributed by atoms with Gasteiger partial charge in [-0.05, 0) is 5.56 Å². The van der Waals surface area contributed by atoms with E-state index in [0.29, 0.717) is 0 Å². The summed E-state index contributed by atoms with van der Waals surface area (Å²) in [7, 11) is 1.29. The fourth-order valence-electron chi connectivity index (χ4n) is 1.93. The normalized spacial score (nSPS) is 27.3. The van der Waals surface area contributed by atoms with Gasteiger partial charge in [0.15, 0.2) is 12.3 Å². The molecule has 0 radical (unpaired) electrons. The maximum absolute atomic E-state index is 11.8. The molecule has 1 aromatic rings. The van der Waals surface area contributed by atoms with Gasteiger partial charge in [-0.3, -0.25) is 5.32 Å². The highest BCUT2D eigenvalue weighted by Gasteiger charge is 2.48. The van der Waals surface area contributed by atoms with E-state index in [2.05, 4.69) is 5.32 Å². The number of esters is 1. The molecule has 0 spiro atoms. The van der Waals surface area contributed by atoms with Gasteiger partial charge in [-0.2, -0.15) is 0 Å². The van der Waals surface area contributed by atoms with Crippen LogP contribution in [0.5, 0.6) is 0 Å². The molecule has 0 bridgehead atoms. The summed E-state index contributed by atoms with van der Waals surface area (Å²) in [4.78, 5) is 11.8. The number of methoxy groups -OCH3 is 1. The summed E-state index contributed by atoms with van der Waals surface area (Å²) in [5, 5.41) is 2.99. The summed E-state index contributed by atoms with van der Waals surface area (Å²) in [6.45, 7) is 0. The highest BCUT2D eigenvalue weighted by atomic mass is 35.6. The predicted molar refractivity (Wildman–Crippen MR) is 73.3 cm³/mol. The summed E-state index contributed by atoms with van der Waals surface area (Å²) in [6, 6.07) is 8.88. The lowest BCUT2D eigenvalue weighted by atomic mass is 10.0. The minimum atomic E-state index is -1.67. The van der Waals surface area contributed by atoms with Crippen LogP contribution in [0, 0.1) is 0 Å². The van der Waals surface area contributed by atoms with Crippen molar-refractivity contribution in [3.05, 3.63) is 35.9 Å². The Bertz CT molecular complexity index is 449. The molecule has 2 rings (SSSR count). The number of halogens is 3. The van der Waals surface area contributed by atoms with Crippen LogP contribution in [0.2, 0.25) is 0 Å². The quantitative estimate of drug-likeness (QED) is 0.671. The van der Waals surface area contributed by atoms with Crippen molar-refractivity contribution in [3.8, 4) is 0 Å². The number of nitrogens with one attached hydrogen (secondary N) is 1. The lowest BCUT2D eigenvalue weighted by Gasteiger charge is -2.19. The first-order valence-electron chi connectivity index (χ1n) is 5.54. The van der Waals surface area contributed by atoms with Crippen molar-refractivity contribution >= 4 is 40.8 Å². The molecule has 1 aromatic carbocycles. The molecule has 4 nitrogen and oxygen atoms in total. The van der Waals surface area contributed by atoms with Gasteiger partial charge in [0, 0.05) is 0 Å². The molecule has 1 fully saturated rings. The Kier molecular flexibility index (Phi) is 4.58. The molecule has 0 aliphatic carbocycles. The summed E-state index contributed by atoms with van der Waals surface area (Å²) >= 11 is 17.4. The van der Waals surface area contributed by atoms with E-state index in [1.54, 1.807) is 0 Å². The first-order valence-corrected chi connectivity index (χ1v) is 6.68. The van der Waals surface area contributed by atoms with Crippen molar-refractivity contribution in [3.63, 3.8) is 0 Å². The van der Waals surface area contributed by atoms with E-state index in [4.69, 9.17) is 44.3 Å². The molecule has 0 aromatic heterocycles. The standard InChI is InChI=1S/C12H12Cl3NO3/c1-18-10(17)9-8(7-5-3-2-4-6-7)16-11(19-9)12(13,14)15/h2-6,8-9,11,16H,1H3/t8-,9+,11?/m0/s1. The number of alkyl halides is 3.